The molecule has 84 valence electrons. The highest BCUT2D eigenvalue weighted by Crippen LogP contribution is 2.32. The van der Waals surface area contributed by atoms with Crippen LogP contribution in [-0.2, 0) is 16.6 Å². The van der Waals surface area contributed by atoms with Crippen molar-refractivity contribution in [2.24, 2.45) is 0 Å². The summed E-state index contributed by atoms with van der Waals surface area (Å²) in [6.45, 7) is 8.27. The summed E-state index contributed by atoms with van der Waals surface area (Å²) in [4.78, 5) is 16.0. The summed E-state index contributed by atoms with van der Waals surface area (Å²) >= 11 is 1.53. The maximum absolute atomic E-state index is 10.6. The number of aryl methyl sites for hydroxylation is 1. The third-order valence-electron chi connectivity index (χ3n) is 2.67. The lowest BCUT2D eigenvalue weighted by Crippen LogP contribution is -2.14. The molecule has 0 saturated carbocycles. The fourth-order valence-corrected chi connectivity index (χ4v) is 2.40. The van der Waals surface area contributed by atoms with Gasteiger partial charge in [-0.2, -0.15) is 0 Å². The minimum Gasteiger partial charge on any atom is -0.481 e. The molecule has 1 aromatic rings. The molecule has 0 radical (unpaired) electrons. The van der Waals surface area contributed by atoms with Crippen LogP contribution in [0.4, 0.5) is 0 Å². The molecule has 1 N–H and O–H groups in total. The maximum Gasteiger partial charge on any atom is 0.308 e. The zero-order valence-electron chi connectivity index (χ0n) is 9.63. The molecule has 0 aliphatic rings. The molecule has 1 heterocycles. The van der Waals surface area contributed by atoms with Crippen LogP contribution in [0.15, 0.2) is 0 Å². The van der Waals surface area contributed by atoms with Crippen LogP contribution in [0.1, 0.15) is 42.8 Å². The number of aliphatic carboxylic acids is 1. The smallest absolute Gasteiger partial charge is 0.308 e. The lowest BCUT2D eigenvalue weighted by atomic mass is 9.91. The molecule has 0 unspecified atom stereocenters. The van der Waals surface area contributed by atoms with Crippen molar-refractivity contribution in [3.8, 4) is 0 Å². The molecule has 0 aliphatic carbocycles. The van der Waals surface area contributed by atoms with Gasteiger partial charge in [-0.3, -0.25) is 4.79 Å². The molecule has 1 rings (SSSR count). The molecular weight excluding hydrogens is 210 g/mol. The van der Waals surface area contributed by atoms with Gasteiger partial charge in [0, 0.05) is 10.3 Å². The first-order valence-corrected chi connectivity index (χ1v) is 5.87. The second-order valence-corrected chi connectivity index (χ2v) is 5.42. The number of rotatable bonds is 4. The van der Waals surface area contributed by atoms with Crippen molar-refractivity contribution in [1.82, 2.24) is 4.98 Å². The van der Waals surface area contributed by atoms with Crippen molar-refractivity contribution in [3.05, 3.63) is 15.6 Å². The Bertz CT molecular complexity index is 369. The minimum absolute atomic E-state index is 0.0478. The summed E-state index contributed by atoms with van der Waals surface area (Å²) in [5, 5.41) is 9.78. The van der Waals surface area contributed by atoms with Gasteiger partial charge in [0.05, 0.1) is 17.1 Å². The average molecular weight is 227 g/mol. The van der Waals surface area contributed by atoms with Crippen LogP contribution in [0.5, 0.6) is 0 Å². The predicted octanol–water partition coefficient (Wildman–Crippen LogP) is 2.77. The Morgan fingerprint density at radius 1 is 1.53 bits per heavy atom. The van der Waals surface area contributed by atoms with Gasteiger partial charge in [-0.15, -0.1) is 11.3 Å². The maximum atomic E-state index is 10.6. The summed E-state index contributed by atoms with van der Waals surface area (Å²) in [6, 6.07) is 0. The fourth-order valence-electron chi connectivity index (χ4n) is 1.17. The number of carboxylic acid groups (broad SMARTS) is 1. The van der Waals surface area contributed by atoms with Crippen LogP contribution in [0, 0.1) is 6.92 Å². The first-order chi connectivity index (χ1) is 6.86. The summed E-state index contributed by atoms with van der Waals surface area (Å²) in [7, 11) is 0. The van der Waals surface area contributed by atoms with Gasteiger partial charge in [0.25, 0.3) is 0 Å². The minimum atomic E-state index is -0.789. The van der Waals surface area contributed by atoms with Crippen molar-refractivity contribution in [3.63, 3.8) is 0 Å². The number of carbonyl (C=O) groups is 1. The Kier molecular flexibility index (Phi) is 3.50. The van der Waals surface area contributed by atoms with E-state index in [0.29, 0.717) is 0 Å². The zero-order chi connectivity index (χ0) is 11.6. The van der Waals surface area contributed by atoms with E-state index in [1.54, 1.807) is 0 Å². The molecule has 3 nitrogen and oxygen atoms in total. The van der Waals surface area contributed by atoms with E-state index in [-0.39, 0.29) is 11.8 Å². The van der Waals surface area contributed by atoms with Crippen molar-refractivity contribution in [2.45, 2.75) is 46.0 Å². The van der Waals surface area contributed by atoms with Gasteiger partial charge in [-0.05, 0) is 13.3 Å². The first-order valence-electron chi connectivity index (χ1n) is 5.05. The Balaban J connectivity index is 3.00. The Hall–Kier alpha value is -0.900. The molecule has 0 saturated heterocycles. The highest BCUT2D eigenvalue weighted by Gasteiger charge is 2.23. The van der Waals surface area contributed by atoms with E-state index in [4.69, 9.17) is 5.11 Å². The van der Waals surface area contributed by atoms with Gasteiger partial charge in [-0.1, -0.05) is 20.8 Å². The van der Waals surface area contributed by atoms with Crippen LogP contribution in [0.2, 0.25) is 0 Å². The molecule has 0 fully saturated rings. The SMILES string of the molecule is CCC(C)(C)c1nc(C)c(CC(=O)O)s1. The van der Waals surface area contributed by atoms with Crippen LogP contribution in [0.25, 0.3) is 0 Å². The summed E-state index contributed by atoms with van der Waals surface area (Å²) in [6.07, 6.45) is 1.09. The highest BCUT2D eigenvalue weighted by atomic mass is 32.1. The first kappa shape index (κ1) is 12.2. The van der Waals surface area contributed by atoms with E-state index >= 15 is 0 Å². The number of nitrogens with zero attached hydrogens (tertiary/aromatic N) is 1. The largest absolute Gasteiger partial charge is 0.481 e. The average Bonchev–Trinajstić information content (AvgIpc) is 2.48. The molecule has 4 heteroatoms. The summed E-state index contributed by atoms with van der Waals surface area (Å²) in [5.41, 5.74) is 0.908. The van der Waals surface area contributed by atoms with Crippen molar-refractivity contribution in [2.75, 3.05) is 0 Å². The van der Waals surface area contributed by atoms with E-state index in [9.17, 15) is 4.79 Å². The van der Waals surface area contributed by atoms with Gasteiger partial charge >= 0.3 is 5.97 Å². The predicted molar refractivity (Wildman–Crippen MR) is 61.5 cm³/mol. The van der Waals surface area contributed by atoms with E-state index in [2.05, 4.69) is 25.8 Å². The van der Waals surface area contributed by atoms with Crippen molar-refractivity contribution in [1.29, 1.82) is 0 Å². The molecule has 0 aromatic carbocycles. The Morgan fingerprint density at radius 3 is 2.60 bits per heavy atom. The van der Waals surface area contributed by atoms with Gasteiger partial charge in [0.15, 0.2) is 0 Å². The normalized spacial score (nSPS) is 11.7. The van der Waals surface area contributed by atoms with Crippen LogP contribution >= 0.6 is 11.3 Å². The van der Waals surface area contributed by atoms with Crippen LogP contribution in [0.3, 0.4) is 0 Å². The molecule has 0 amide bonds. The lowest BCUT2D eigenvalue weighted by molar-refractivity contribution is -0.136. The third-order valence-corrected chi connectivity index (χ3v) is 4.19. The topological polar surface area (TPSA) is 50.2 Å². The second kappa shape index (κ2) is 4.31. The monoisotopic (exact) mass is 227 g/mol. The molecular formula is C11H17NO2S. The highest BCUT2D eigenvalue weighted by molar-refractivity contribution is 7.12. The number of carboxylic acids is 1. The van der Waals surface area contributed by atoms with E-state index < -0.39 is 5.97 Å². The quantitative estimate of drug-likeness (QED) is 0.860. The van der Waals surface area contributed by atoms with Gasteiger partial charge in [0.2, 0.25) is 0 Å². The number of thiazole rings is 1. The number of hydrogen-bond donors (Lipinski definition) is 1. The van der Waals surface area contributed by atoms with E-state index in [1.165, 1.54) is 11.3 Å². The standard InChI is InChI=1S/C11H17NO2S/c1-5-11(3,4)10-12-7(2)8(15-10)6-9(13)14/h5-6H2,1-4H3,(H,13,14). The van der Waals surface area contributed by atoms with Crippen LogP contribution < -0.4 is 0 Å². The summed E-state index contributed by atoms with van der Waals surface area (Å²) in [5.74, 6) is -0.789. The summed E-state index contributed by atoms with van der Waals surface area (Å²) < 4.78 is 0. The van der Waals surface area contributed by atoms with E-state index in [1.807, 2.05) is 6.92 Å². The third kappa shape index (κ3) is 2.78. The lowest BCUT2D eigenvalue weighted by Gasteiger charge is -2.18. The molecule has 15 heavy (non-hydrogen) atoms. The second-order valence-electron chi connectivity index (χ2n) is 4.34. The number of hydrogen-bond acceptors (Lipinski definition) is 3. The van der Waals surface area contributed by atoms with Crippen molar-refractivity contribution >= 4 is 17.3 Å². The van der Waals surface area contributed by atoms with Gasteiger partial charge in [0.1, 0.15) is 0 Å². The Labute approximate surface area is 94.2 Å². The van der Waals surface area contributed by atoms with E-state index in [0.717, 1.165) is 22.0 Å². The molecule has 0 aliphatic heterocycles. The molecule has 0 spiro atoms. The molecule has 1 aromatic heterocycles. The Morgan fingerprint density at radius 2 is 2.13 bits per heavy atom. The molecule has 0 atom stereocenters. The van der Waals surface area contributed by atoms with Gasteiger partial charge in [-0.25, -0.2) is 4.98 Å². The fraction of sp³-hybridized carbons (Fsp3) is 0.636. The van der Waals surface area contributed by atoms with Crippen molar-refractivity contribution < 1.29 is 9.90 Å². The zero-order valence-corrected chi connectivity index (χ0v) is 10.4. The number of aromatic nitrogens is 1. The van der Waals surface area contributed by atoms with Crippen LogP contribution in [-0.4, -0.2) is 16.1 Å². The van der Waals surface area contributed by atoms with Gasteiger partial charge < -0.3 is 5.11 Å². The molecule has 0 bridgehead atoms.